The Morgan fingerprint density at radius 3 is 2.48 bits per heavy atom. The molecule has 1 saturated carbocycles. The van der Waals surface area contributed by atoms with E-state index in [2.05, 4.69) is 4.72 Å². The Morgan fingerprint density at radius 1 is 1.43 bits per heavy atom. The van der Waals surface area contributed by atoms with Crippen LogP contribution in [-0.2, 0) is 10.0 Å². The average Bonchev–Trinajstić information content (AvgIpc) is 2.37. The number of hydrogen-bond donors (Lipinski definition) is 3. The number of sulfonamides is 1. The Hall–Kier alpha value is -1.15. The van der Waals surface area contributed by atoms with E-state index in [4.69, 9.17) is 16.7 Å². The Labute approximate surface area is 127 Å². The van der Waals surface area contributed by atoms with Gasteiger partial charge in [0.05, 0.1) is 21.6 Å². The van der Waals surface area contributed by atoms with Crippen molar-refractivity contribution in [3.8, 4) is 0 Å². The number of carbonyl (C=O) groups is 1. The zero-order valence-corrected chi connectivity index (χ0v) is 13.1. The highest BCUT2D eigenvalue weighted by Gasteiger charge is 2.48. The molecule has 0 aromatic heterocycles. The molecule has 1 aromatic carbocycles. The SMILES string of the molecule is CC1(C)C(O)CC1NS(=O)(=O)c1ccc(C(=O)O)c(Cl)c1. The second kappa shape index (κ2) is 5.24. The standard InChI is InChI=1S/C13H16ClNO5S/c1-13(2)10(6-11(13)16)15-21(19,20)7-3-4-8(12(17)18)9(14)5-7/h3-5,10-11,15-16H,6H2,1-2H3,(H,17,18). The lowest BCUT2D eigenvalue weighted by molar-refractivity contribution is -0.0645. The molecule has 0 spiro atoms. The number of benzene rings is 1. The number of halogens is 1. The van der Waals surface area contributed by atoms with E-state index < -0.39 is 27.5 Å². The molecule has 0 amide bonds. The van der Waals surface area contributed by atoms with Gasteiger partial charge in [-0.1, -0.05) is 25.4 Å². The highest BCUT2D eigenvalue weighted by atomic mass is 35.5. The molecule has 3 N–H and O–H groups in total. The minimum atomic E-state index is -3.82. The third-order valence-electron chi connectivity index (χ3n) is 3.99. The number of aromatic carboxylic acids is 1. The van der Waals surface area contributed by atoms with Gasteiger partial charge in [-0.15, -0.1) is 0 Å². The van der Waals surface area contributed by atoms with Crippen LogP contribution in [0, 0.1) is 5.41 Å². The first-order valence-electron chi connectivity index (χ1n) is 6.29. The summed E-state index contributed by atoms with van der Waals surface area (Å²) in [5, 5.41) is 18.4. The lowest BCUT2D eigenvalue weighted by atomic mass is 9.65. The fourth-order valence-electron chi connectivity index (χ4n) is 2.19. The third kappa shape index (κ3) is 2.91. The minimum absolute atomic E-state index is 0.102. The van der Waals surface area contributed by atoms with Crippen molar-refractivity contribution in [1.29, 1.82) is 0 Å². The van der Waals surface area contributed by atoms with Crippen molar-refractivity contribution in [3.63, 3.8) is 0 Å². The van der Waals surface area contributed by atoms with Crippen LogP contribution in [0.15, 0.2) is 23.1 Å². The van der Waals surface area contributed by atoms with Gasteiger partial charge < -0.3 is 10.2 Å². The summed E-state index contributed by atoms with van der Waals surface area (Å²) in [7, 11) is -3.82. The van der Waals surface area contributed by atoms with E-state index in [0.29, 0.717) is 6.42 Å². The Bertz CT molecular complexity index is 686. The molecule has 21 heavy (non-hydrogen) atoms. The van der Waals surface area contributed by atoms with Gasteiger partial charge in [-0.25, -0.2) is 17.9 Å². The molecule has 2 atom stereocenters. The summed E-state index contributed by atoms with van der Waals surface area (Å²) >= 11 is 5.78. The molecule has 1 aromatic rings. The minimum Gasteiger partial charge on any atom is -0.478 e. The fraction of sp³-hybridized carbons (Fsp3) is 0.462. The number of nitrogens with one attached hydrogen (secondary N) is 1. The van der Waals surface area contributed by atoms with E-state index in [9.17, 15) is 18.3 Å². The second-order valence-corrected chi connectivity index (χ2v) is 7.81. The fourth-order valence-corrected chi connectivity index (χ4v) is 3.95. The van der Waals surface area contributed by atoms with E-state index in [0.717, 1.165) is 12.1 Å². The summed E-state index contributed by atoms with van der Waals surface area (Å²) in [6, 6.07) is 3.07. The van der Waals surface area contributed by atoms with Crippen molar-refractivity contribution < 1.29 is 23.4 Å². The number of carboxylic acid groups (broad SMARTS) is 1. The molecule has 2 unspecified atom stereocenters. The Balaban J connectivity index is 2.25. The highest BCUT2D eigenvalue weighted by Crippen LogP contribution is 2.41. The quantitative estimate of drug-likeness (QED) is 0.774. The van der Waals surface area contributed by atoms with Crippen molar-refractivity contribution in [1.82, 2.24) is 4.72 Å². The summed E-state index contributed by atoms with van der Waals surface area (Å²) in [5.41, 5.74) is -0.701. The monoisotopic (exact) mass is 333 g/mol. The topological polar surface area (TPSA) is 104 Å². The lowest BCUT2D eigenvalue weighted by Gasteiger charge is -2.49. The predicted molar refractivity (Wildman–Crippen MR) is 76.9 cm³/mol. The summed E-state index contributed by atoms with van der Waals surface area (Å²) in [4.78, 5) is 10.8. The molecule has 116 valence electrons. The van der Waals surface area contributed by atoms with Crippen LogP contribution in [-0.4, -0.2) is 36.7 Å². The maximum Gasteiger partial charge on any atom is 0.337 e. The largest absolute Gasteiger partial charge is 0.478 e. The maximum atomic E-state index is 12.3. The predicted octanol–water partition coefficient (Wildman–Crippen LogP) is 1.48. The molecule has 6 nitrogen and oxygen atoms in total. The molecule has 1 fully saturated rings. The molecule has 0 bridgehead atoms. The molecule has 2 rings (SSSR count). The maximum absolute atomic E-state index is 12.3. The molecule has 0 radical (unpaired) electrons. The number of aliphatic hydroxyl groups is 1. The van der Waals surface area contributed by atoms with Crippen LogP contribution >= 0.6 is 11.6 Å². The van der Waals surface area contributed by atoms with E-state index in [1.165, 1.54) is 6.07 Å². The van der Waals surface area contributed by atoms with Crippen LogP contribution in [0.1, 0.15) is 30.6 Å². The Kier molecular flexibility index (Phi) is 4.05. The number of carboxylic acids is 1. The molecule has 0 saturated heterocycles. The highest BCUT2D eigenvalue weighted by molar-refractivity contribution is 7.89. The molecule has 0 heterocycles. The van der Waals surface area contributed by atoms with E-state index >= 15 is 0 Å². The van der Waals surface area contributed by atoms with E-state index in [1.807, 2.05) is 0 Å². The van der Waals surface area contributed by atoms with Crippen LogP contribution in [0.3, 0.4) is 0 Å². The summed E-state index contributed by atoms with van der Waals surface area (Å²) in [6.07, 6.45) is -0.212. The number of hydrogen-bond acceptors (Lipinski definition) is 4. The number of aliphatic hydroxyl groups excluding tert-OH is 1. The third-order valence-corrected chi connectivity index (χ3v) is 5.78. The van der Waals surface area contributed by atoms with Crippen LogP contribution < -0.4 is 4.72 Å². The molecule has 1 aliphatic rings. The summed E-state index contributed by atoms with van der Waals surface area (Å²) < 4.78 is 27.0. The normalized spacial score (nSPS) is 24.4. The van der Waals surface area contributed by atoms with Gasteiger partial charge in [0.25, 0.3) is 0 Å². The Morgan fingerprint density at radius 2 is 2.05 bits per heavy atom. The van der Waals surface area contributed by atoms with Crippen molar-refractivity contribution in [2.24, 2.45) is 5.41 Å². The van der Waals surface area contributed by atoms with Gasteiger partial charge in [0, 0.05) is 11.5 Å². The van der Waals surface area contributed by atoms with Crippen molar-refractivity contribution >= 4 is 27.6 Å². The first-order chi connectivity index (χ1) is 9.55. The molecular formula is C13H16ClNO5S. The van der Waals surface area contributed by atoms with Gasteiger partial charge >= 0.3 is 5.97 Å². The van der Waals surface area contributed by atoms with Gasteiger partial charge in [-0.2, -0.15) is 0 Å². The van der Waals surface area contributed by atoms with Crippen molar-refractivity contribution in [2.75, 3.05) is 0 Å². The smallest absolute Gasteiger partial charge is 0.337 e. The zero-order chi connectivity index (χ0) is 16.0. The molecular weight excluding hydrogens is 318 g/mol. The molecule has 8 heteroatoms. The van der Waals surface area contributed by atoms with Crippen LogP contribution in [0.5, 0.6) is 0 Å². The summed E-state index contributed by atoms with van der Waals surface area (Å²) in [6.45, 7) is 3.55. The van der Waals surface area contributed by atoms with Crippen LogP contribution in [0.4, 0.5) is 0 Å². The molecule has 1 aliphatic carbocycles. The van der Waals surface area contributed by atoms with Crippen molar-refractivity contribution in [2.45, 2.75) is 37.3 Å². The van der Waals surface area contributed by atoms with E-state index in [-0.39, 0.29) is 21.5 Å². The van der Waals surface area contributed by atoms with Gasteiger partial charge in [0.1, 0.15) is 0 Å². The first-order valence-corrected chi connectivity index (χ1v) is 8.15. The molecule has 0 aliphatic heterocycles. The second-order valence-electron chi connectivity index (χ2n) is 5.69. The summed E-state index contributed by atoms with van der Waals surface area (Å²) in [5.74, 6) is -1.22. The van der Waals surface area contributed by atoms with Crippen LogP contribution in [0.2, 0.25) is 5.02 Å². The lowest BCUT2D eigenvalue weighted by Crippen LogP contribution is -2.61. The number of rotatable bonds is 4. The van der Waals surface area contributed by atoms with Gasteiger partial charge in [0.15, 0.2) is 0 Å². The average molecular weight is 334 g/mol. The first kappa shape index (κ1) is 16.2. The van der Waals surface area contributed by atoms with Gasteiger partial charge in [-0.05, 0) is 24.6 Å². The van der Waals surface area contributed by atoms with Crippen molar-refractivity contribution in [3.05, 3.63) is 28.8 Å². The van der Waals surface area contributed by atoms with Crippen LogP contribution in [0.25, 0.3) is 0 Å². The van der Waals surface area contributed by atoms with Gasteiger partial charge in [-0.3, -0.25) is 0 Å². The zero-order valence-electron chi connectivity index (χ0n) is 11.5. The van der Waals surface area contributed by atoms with E-state index in [1.54, 1.807) is 13.8 Å². The van der Waals surface area contributed by atoms with Gasteiger partial charge in [0.2, 0.25) is 10.0 Å².